The summed E-state index contributed by atoms with van der Waals surface area (Å²) < 4.78 is 5.37. The molecule has 0 saturated heterocycles. The van der Waals surface area contributed by atoms with Crippen molar-refractivity contribution in [2.45, 2.75) is 19.4 Å². The molecule has 6 heteroatoms. The lowest BCUT2D eigenvalue weighted by molar-refractivity contribution is -0.383. The average Bonchev–Trinajstić information content (AvgIpc) is 2.57. The summed E-state index contributed by atoms with van der Waals surface area (Å²) in [5.74, 6) is 0.430. The SMILES string of the molecule is CC(N)Cc1nc2c([N+](=O)[O-])cccc2o1. The number of rotatable bonds is 3. The van der Waals surface area contributed by atoms with E-state index in [2.05, 4.69) is 4.98 Å². The lowest BCUT2D eigenvalue weighted by Gasteiger charge is -1.97. The minimum atomic E-state index is -0.472. The number of non-ortho nitro benzene ring substituents is 1. The molecule has 0 aliphatic carbocycles. The Hall–Kier alpha value is -1.95. The van der Waals surface area contributed by atoms with Crippen LogP contribution in [0.4, 0.5) is 5.69 Å². The minimum Gasteiger partial charge on any atom is -0.440 e. The first-order chi connectivity index (χ1) is 7.58. The summed E-state index contributed by atoms with van der Waals surface area (Å²) in [7, 11) is 0. The number of hydrogen-bond donors (Lipinski definition) is 1. The van der Waals surface area contributed by atoms with E-state index >= 15 is 0 Å². The molecular formula is C10H11N3O3. The van der Waals surface area contributed by atoms with Crippen LogP contribution in [0, 0.1) is 10.1 Å². The van der Waals surface area contributed by atoms with Crippen molar-refractivity contribution in [1.82, 2.24) is 4.98 Å². The molecule has 2 aromatic rings. The van der Waals surface area contributed by atoms with Gasteiger partial charge in [-0.05, 0) is 13.0 Å². The Bertz CT molecular complexity index is 533. The highest BCUT2D eigenvalue weighted by atomic mass is 16.6. The molecule has 0 bridgehead atoms. The molecule has 0 aliphatic rings. The molecule has 16 heavy (non-hydrogen) atoms. The van der Waals surface area contributed by atoms with Gasteiger partial charge in [-0.3, -0.25) is 10.1 Å². The van der Waals surface area contributed by atoms with E-state index < -0.39 is 4.92 Å². The van der Waals surface area contributed by atoms with Crippen LogP contribution in [0.25, 0.3) is 11.1 Å². The molecule has 0 spiro atoms. The zero-order valence-corrected chi connectivity index (χ0v) is 8.71. The number of para-hydroxylation sites is 1. The highest BCUT2D eigenvalue weighted by Gasteiger charge is 2.17. The molecule has 1 aromatic heterocycles. The average molecular weight is 221 g/mol. The second kappa shape index (κ2) is 3.90. The Morgan fingerprint density at radius 1 is 1.62 bits per heavy atom. The molecule has 0 aliphatic heterocycles. The highest BCUT2D eigenvalue weighted by Crippen LogP contribution is 2.25. The van der Waals surface area contributed by atoms with Crippen LogP contribution in [0.1, 0.15) is 12.8 Å². The fraction of sp³-hybridized carbons (Fsp3) is 0.300. The molecule has 84 valence electrons. The van der Waals surface area contributed by atoms with Gasteiger partial charge < -0.3 is 10.2 Å². The van der Waals surface area contributed by atoms with Crippen LogP contribution in [0.2, 0.25) is 0 Å². The molecule has 1 unspecified atom stereocenters. The largest absolute Gasteiger partial charge is 0.440 e. The molecule has 1 heterocycles. The van der Waals surface area contributed by atoms with Gasteiger partial charge in [0.15, 0.2) is 17.0 Å². The topological polar surface area (TPSA) is 95.2 Å². The van der Waals surface area contributed by atoms with Crippen LogP contribution in [-0.4, -0.2) is 15.9 Å². The fourth-order valence-electron chi connectivity index (χ4n) is 1.49. The Labute approximate surface area is 91.2 Å². The highest BCUT2D eigenvalue weighted by molar-refractivity contribution is 5.82. The number of nitro benzene ring substituents is 1. The lowest BCUT2D eigenvalue weighted by Crippen LogP contribution is -2.17. The number of hydrogen-bond acceptors (Lipinski definition) is 5. The Kier molecular flexibility index (Phi) is 2.57. The molecule has 0 amide bonds. The normalized spacial score (nSPS) is 12.9. The Balaban J connectivity index is 2.52. The standard InChI is InChI=1S/C10H11N3O3/c1-6(11)5-9-12-10-7(13(14)15)3-2-4-8(10)16-9/h2-4,6H,5,11H2,1H3. The van der Waals surface area contributed by atoms with Crippen molar-refractivity contribution in [3.63, 3.8) is 0 Å². The van der Waals surface area contributed by atoms with Crippen molar-refractivity contribution in [3.05, 3.63) is 34.2 Å². The van der Waals surface area contributed by atoms with E-state index in [9.17, 15) is 10.1 Å². The first-order valence-corrected chi connectivity index (χ1v) is 4.86. The van der Waals surface area contributed by atoms with Gasteiger partial charge in [0.25, 0.3) is 5.69 Å². The summed E-state index contributed by atoms with van der Waals surface area (Å²) in [6.45, 7) is 1.82. The molecule has 0 radical (unpaired) electrons. The molecule has 0 fully saturated rings. The molecule has 2 N–H and O–H groups in total. The predicted octanol–water partition coefficient (Wildman–Crippen LogP) is 1.63. The number of aromatic nitrogens is 1. The van der Waals surface area contributed by atoms with E-state index in [4.69, 9.17) is 10.2 Å². The summed E-state index contributed by atoms with van der Waals surface area (Å²) in [6, 6.07) is 4.54. The first-order valence-electron chi connectivity index (χ1n) is 4.86. The number of nitrogens with zero attached hydrogens (tertiary/aromatic N) is 2. The van der Waals surface area contributed by atoms with E-state index in [1.165, 1.54) is 6.07 Å². The second-order valence-corrected chi connectivity index (χ2v) is 3.67. The maximum atomic E-state index is 10.7. The van der Waals surface area contributed by atoms with E-state index in [1.54, 1.807) is 12.1 Å². The lowest BCUT2D eigenvalue weighted by atomic mass is 10.2. The summed E-state index contributed by atoms with van der Waals surface area (Å²) in [6.07, 6.45) is 0.464. The van der Waals surface area contributed by atoms with Crippen molar-refractivity contribution in [2.75, 3.05) is 0 Å². The van der Waals surface area contributed by atoms with Gasteiger partial charge in [-0.1, -0.05) is 6.07 Å². The van der Waals surface area contributed by atoms with Gasteiger partial charge in [0.2, 0.25) is 0 Å². The van der Waals surface area contributed by atoms with E-state index in [0.717, 1.165) is 0 Å². The van der Waals surface area contributed by atoms with Crippen molar-refractivity contribution >= 4 is 16.8 Å². The van der Waals surface area contributed by atoms with E-state index in [1.807, 2.05) is 6.92 Å². The molecule has 6 nitrogen and oxygen atoms in total. The Morgan fingerprint density at radius 3 is 3.00 bits per heavy atom. The monoisotopic (exact) mass is 221 g/mol. The smallest absolute Gasteiger partial charge is 0.298 e. The molecular weight excluding hydrogens is 210 g/mol. The predicted molar refractivity (Wildman–Crippen MR) is 58.0 cm³/mol. The van der Waals surface area contributed by atoms with Crippen LogP contribution in [0.3, 0.4) is 0 Å². The number of oxazole rings is 1. The number of nitro groups is 1. The zero-order valence-electron chi connectivity index (χ0n) is 8.71. The van der Waals surface area contributed by atoms with Gasteiger partial charge >= 0.3 is 0 Å². The maximum Gasteiger partial charge on any atom is 0.298 e. The summed E-state index contributed by atoms with van der Waals surface area (Å²) in [5, 5.41) is 10.7. The maximum absolute atomic E-state index is 10.7. The number of benzene rings is 1. The van der Waals surface area contributed by atoms with Crippen molar-refractivity contribution in [2.24, 2.45) is 5.73 Å². The van der Waals surface area contributed by atoms with E-state index in [0.29, 0.717) is 17.9 Å². The van der Waals surface area contributed by atoms with Crippen LogP contribution in [-0.2, 0) is 6.42 Å². The number of fused-ring (bicyclic) bond motifs is 1. The third-order valence-electron chi connectivity index (χ3n) is 2.14. The van der Waals surface area contributed by atoms with E-state index in [-0.39, 0.29) is 17.2 Å². The van der Waals surface area contributed by atoms with Gasteiger partial charge in [-0.15, -0.1) is 0 Å². The third-order valence-corrected chi connectivity index (χ3v) is 2.14. The van der Waals surface area contributed by atoms with Crippen LogP contribution >= 0.6 is 0 Å². The van der Waals surface area contributed by atoms with Gasteiger partial charge in [0.05, 0.1) is 4.92 Å². The molecule has 1 atom stereocenters. The van der Waals surface area contributed by atoms with Crippen molar-refractivity contribution in [1.29, 1.82) is 0 Å². The fourth-order valence-corrected chi connectivity index (χ4v) is 1.49. The van der Waals surface area contributed by atoms with Gasteiger partial charge in [0.1, 0.15) is 0 Å². The van der Waals surface area contributed by atoms with Crippen LogP contribution < -0.4 is 5.73 Å². The summed E-state index contributed by atoms with van der Waals surface area (Å²) in [4.78, 5) is 14.4. The van der Waals surface area contributed by atoms with Crippen LogP contribution in [0.15, 0.2) is 22.6 Å². The quantitative estimate of drug-likeness (QED) is 0.627. The molecule has 2 rings (SSSR count). The summed E-state index contributed by atoms with van der Waals surface area (Å²) in [5.41, 5.74) is 6.27. The molecule has 0 saturated carbocycles. The first kappa shape index (κ1) is 10.6. The van der Waals surface area contributed by atoms with Gasteiger partial charge in [-0.2, -0.15) is 0 Å². The minimum absolute atomic E-state index is 0.0443. The second-order valence-electron chi connectivity index (χ2n) is 3.67. The summed E-state index contributed by atoms with van der Waals surface area (Å²) >= 11 is 0. The van der Waals surface area contributed by atoms with Crippen molar-refractivity contribution < 1.29 is 9.34 Å². The van der Waals surface area contributed by atoms with Gasteiger partial charge in [0, 0.05) is 18.5 Å². The molecule has 1 aromatic carbocycles. The van der Waals surface area contributed by atoms with Crippen molar-refractivity contribution in [3.8, 4) is 0 Å². The third kappa shape index (κ3) is 1.87. The number of nitrogens with two attached hydrogens (primary N) is 1. The zero-order chi connectivity index (χ0) is 11.7. The van der Waals surface area contributed by atoms with Gasteiger partial charge in [-0.25, -0.2) is 4.98 Å². The van der Waals surface area contributed by atoms with Crippen LogP contribution in [0.5, 0.6) is 0 Å². The Morgan fingerprint density at radius 2 is 2.38 bits per heavy atom.